The third-order valence-corrected chi connectivity index (χ3v) is 5.30. The third-order valence-electron chi connectivity index (χ3n) is 4.10. The van der Waals surface area contributed by atoms with Gasteiger partial charge in [0.05, 0.1) is 4.34 Å². The molecule has 122 valence electrons. The number of nitrogens with one attached hydrogen (secondary N) is 2. The fourth-order valence-electron chi connectivity index (χ4n) is 2.93. The van der Waals surface area contributed by atoms with Gasteiger partial charge in [0.2, 0.25) is 5.91 Å². The Hall–Kier alpha value is -2.31. The number of benzene rings is 1. The van der Waals surface area contributed by atoms with Gasteiger partial charge in [0, 0.05) is 17.6 Å². The normalized spacial score (nSPS) is 17.6. The number of rotatable bonds is 3. The molecule has 1 saturated heterocycles. The minimum Gasteiger partial charge on any atom is -0.342 e. The van der Waals surface area contributed by atoms with Crippen molar-refractivity contribution in [3.8, 4) is 0 Å². The Morgan fingerprint density at radius 3 is 2.83 bits per heavy atom. The van der Waals surface area contributed by atoms with Crippen LogP contribution in [-0.2, 0) is 4.79 Å². The zero-order valence-corrected chi connectivity index (χ0v) is 14.2. The summed E-state index contributed by atoms with van der Waals surface area (Å²) in [5.41, 5.74) is 1.30. The summed E-state index contributed by atoms with van der Waals surface area (Å²) in [5.74, 6) is -0.353. The maximum absolute atomic E-state index is 12.5. The maximum Gasteiger partial charge on any atom is 0.268 e. The second-order valence-corrected chi connectivity index (χ2v) is 7.34. The zero-order chi connectivity index (χ0) is 16.7. The maximum atomic E-state index is 12.5. The van der Waals surface area contributed by atoms with E-state index < -0.39 is 6.04 Å². The molecular formula is C17H14ClN3O2S. The number of anilines is 1. The molecule has 0 aliphatic carbocycles. The lowest BCUT2D eigenvalue weighted by molar-refractivity contribution is -0.118. The molecule has 1 unspecified atom stereocenters. The average Bonchev–Trinajstić information content (AvgIpc) is 3.22. The predicted molar refractivity (Wildman–Crippen MR) is 95.9 cm³/mol. The zero-order valence-electron chi connectivity index (χ0n) is 12.6. The first-order chi connectivity index (χ1) is 11.6. The van der Waals surface area contributed by atoms with Crippen molar-refractivity contribution in [2.75, 3.05) is 11.4 Å². The highest BCUT2D eigenvalue weighted by atomic mass is 35.5. The van der Waals surface area contributed by atoms with Crippen molar-refractivity contribution in [1.29, 1.82) is 0 Å². The van der Waals surface area contributed by atoms with Crippen LogP contribution in [0.3, 0.4) is 0 Å². The van der Waals surface area contributed by atoms with Gasteiger partial charge in [-0.15, -0.1) is 11.3 Å². The summed E-state index contributed by atoms with van der Waals surface area (Å²) >= 11 is 7.32. The molecule has 3 aromatic rings. The van der Waals surface area contributed by atoms with Crippen LogP contribution in [0, 0.1) is 0 Å². The number of aromatic amines is 1. The standard InChI is InChI=1S/C17H14ClN3O2S/c18-14-9-10-8-13(20-16(10)24-14)15(22)19-12-6-7-21(17(12)23)11-4-2-1-3-5-11/h1-5,8-9,12,20H,6-7H2,(H,19,22). The van der Waals surface area contributed by atoms with E-state index in [0.717, 1.165) is 15.9 Å². The number of hydrogen-bond acceptors (Lipinski definition) is 3. The third kappa shape index (κ3) is 2.68. The van der Waals surface area contributed by atoms with Gasteiger partial charge in [0.15, 0.2) is 0 Å². The first kappa shape index (κ1) is 15.2. The molecule has 3 heterocycles. The van der Waals surface area contributed by atoms with Crippen LogP contribution in [0.1, 0.15) is 16.9 Å². The summed E-state index contributed by atoms with van der Waals surface area (Å²) in [6.07, 6.45) is 0.598. The smallest absolute Gasteiger partial charge is 0.268 e. The Kier molecular flexibility index (Phi) is 3.78. The van der Waals surface area contributed by atoms with Crippen molar-refractivity contribution in [2.24, 2.45) is 0 Å². The van der Waals surface area contributed by atoms with E-state index in [1.54, 1.807) is 11.0 Å². The minimum atomic E-state index is -0.498. The van der Waals surface area contributed by atoms with Crippen LogP contribution in [0.5, 0.6) is 0 Å². The van der Waals surface area contributed by atoms with E-state index in [4.69, 9.17) is 11.6 Å². The molecule has 0 saturated carbocycles. The topological polar surface area (TPSA) is 65.2 Å². The number of H-pyrrole nitrogens is 1. The number of thiophene rings is 1. The van der Waals surface area contributed by atoms with Crippen LogP contribution in [-0.4, -0.2) is 29.4 Å². The van der Waals surface area contributed by atoms with Crippen LogP contribution in [0.25, 0.3) is 10.2 Å². The number of hydrogen-bond donors (Lipinski definition) is 2. The van der Waals surface area contributed by atoms with Crippen molar-refractivity contribution in [3.05, 3.63) is 52.5 Å². The molecule has 0 radical (unpaired) electrons. The minimum absolute atomic E-state index is 0.0778. The van der Waals surface area contributed by atoms with Crippen LogP contribution in [0.2, 0.25) is 4.34 Å². The number of carbonyl (C=O) groups excluding carboxylic acids is 2. The van der Waals surface area contributed by atoms with Crippen molar-refractivity contribution < 1.29 is 9.59 Å². The summed E-state index contributed by atoms with van der Waals surface area (Å²) in [5, 5.41) is 3.72. The highest BCUT2D eigenvalue weighted by Gasteiger charge is 2.33. The van der Waals surface area contributed by atoms with Crippen molar-refractivity contribution in [3.63, 3.8) is 0 Å². The monoisotopic (exact) mass is 359 g/mol. The second-order valence-electron chi connectivity index (χ2n) is 5.66. The number of para-hydroxylation sites is 1. The Bertz CT molecular complexity index is 887. The molecule has 1 fully saturated rings. The van der Waals surface area contributed by atoms with E-state index in [1.807, 2.05) is 36.4 Å². The van der Waals surface area contributed by atoms with Gasteiger partial charge < -0.3 is 15.2 Å². The van der Waals surface area contributed by atoms with Gasteiger partial charge in [-0.25, -0.2) is 0 Å². The lowest BCUT2D eigenvalue weighted by atomic mass is 10.2. The molecule has 1 aliphatic heterocycles. The lowest BCUT2D eigenvalue weighted by Gasteiger charge is -2.17. The van der Waals surface area contributed by atoms with Crippen molar-refractivity contribution in [2.45, 2.75) is 12.5 Å². The second kappa shape index (κ2) is 5.96. The van der Waals surface area contributed by atoms with Crippen LogP contribution in [0.15, 0.2) is 42.5 Å². The summed E-state index contributed by atoms with van der Waals surface area (Å²) in [4.78, 5) is 30.5. The number of halogens is 1. The van der Waals surface area contributed by atoms with E-state index in [0.29, 0.717) is 23.0 Å². The summed E-state index contributed by atoms with van der Waals surface area (Å²) < 4.78 is 0.674. The van der Waals surface area contributed by atoms with E-state index in [9.17, 15) is 9.59 Å². The molecule has 1 aliphatic rings. The van der Waals surface area contributed by atoms with Gasteiger partial charge in [0.25, 0.3) is 5.91 Å². The number of carbonyl (C=O) groups is 2. The summed E-state index contributed by atoms with van der Waals surface area (Å²) in [6.45, 7) is 0.600. The number of fused-ring (bicyclic) bond motifs is 1. The molecule has 1 atom stereocenters. The van der Waals surface area contributed by atoms with E-state index in [2.05, 4.69) is 10.3 Å². The first-order valence-electron chi connectivity index (χ1n) is 7.57. The van der Waals surface area contributed by atoms with E-state index >= 15 is 0 Å². The number of aromatic nitrogens is 1. The molecule has 4 rings (SSSR count). The molecule has 7 heteroatoms. The largest absolute Gasteiger partial charge is 0.342 e. The van der Waals surface area contributed by atoms with Crippen LogP contribution < -0.4 is 10.2 Å². The predicted octanol–water partition coefficient (Wildman–Crippen LogP) is 3.42. The molecule has 5 nitrogen and oxygen atoms in total. The van der Waals surface area contributed by atoms with Crippen molar-refractivity contribution in [1.82, 2.24) is 10.3 Å². The van der Waals surface area contributed by atoms with E-state index in [1.165, 1.54) is 11.3 Å². The fourth-order valence-corrected chi connectivity index (χ4v) is 4.06. The SMILES string of the molecule is O=C(NC1CCN(c2ccccc2)C1=O)c1cc2cc(Cl)sc2[nH]1. The molecule has 0 bridgehead atoms. The van der Waals surface area contributed by atoms with Crippen molar-refractivity contribution >= 4 is 50.7 Å². The van der Waals surface area contributed by atoms with Gasteiger partial charge in [-0.2, -0.15) is 0 Å². The van der Waals surface area contributed by atoms with E-state index in [-0.39, 0.29) is 11.8 Å². The lowest BCUT2D eigenvalue weighted by Crippen LogP contribution is -2.41. The summed E-state index contributed by atoms with van der Waals surface area (Å²) in [7, 11) is 0. The van der Waals surface area contributed by atoms with Gasteiger partial charge in [-0.3, -0.25) is 9.59 Å². The fraction of sp³-hybridized carbons (Fsp3) is 0.176. The van der Waals surface area contributed by atoms with Gasteiger partial charge in [0.1, 0.15) is 16.6 Å². The molecule has 2 aromatic heterocycles. The molecular weight excluding hydrogens is 346 g/mol. The van der Waals surface area contributed by atoms with Gasteiger partial charge in [-0.05, 0) is 30.7 Å². The highest BCUT2D eigenvalue weighted by molar-refractivity contribution is 7.22. The number of amides is 2. The molecule has 0 spiro atoms. The average molecular weight is 360 g/mol. The molecule has 1 aromatic carbocycles. The summed E-state index contributed by atoms with van der Waals surface area (Å²) in [6, 6.07) is 12.6. The molecule has 24 heavy (non-hydrogen) atoms. The van der Waals surface area contributed by atoms with Gasteiger partial charge in [-0.1, -0.05) is 29.8 Å². The van der Waals surface area contributed by atoms with Crippen LogP contribution >= 0.6 is 22.9 Å². The Balaban J connectivity index is 1.48. The number of nitrogens with zero attached hydrogens (tertiary/aromatic N) is 1. The Morgan fingerprint density at radius 1 is 1.29 bits per heavy atom. The molecule has 2 amide bonds. The molecule has 2 N–H and O–H groups in total. The van der Waals surface area contributed by atoms with Gasteiger partial charge >= 0.3 is 0 Å². The quantitative estimate of drug-likeness (QED) is 0.752. The first-order valence-corrected chi connectivity index (χ1v) is 8.76. The Morgan fingerprint density at radius 2 is 2.08 bits per heavy atom. The Labute approximate surface area is 147 Å². The van der Waals surface area contributed by atoms with Crippen LogP contribution in [0.4, 0.5) is 5.69 Å². The highest BCUT2D eigenvalue weighted by Crippen LogP contribution is 2.29.